The monoisotopic (exact) mass is 493 g/mol. The quantitative estimate of drug-likeness (QED) is 0.618. The number of carbonyl (C=O) groups excluding carboxylic acids is 1. The van der Waals surface area contributed by atoms with Crippen molar-refractivity contribution in [1.29, 1.82) is 0 Å². The number of benzene rings is 2. The van der Waals surface area contributed by atoms with Gasteiger partial charge >= 0.3 is 0 Å². The summed E-state index contributed by atoms with van der Waals surface area (Å²) in [6, 6.07) is 21.2. The lowest BCUT2D eigenvalue weighted by Gasteiger charge is -2.44. The van der Waals surface area contributed by atoms with Crippen molar-refractivity contribution in [2.45, 2.75) is 69.2 Å². The van der Waals surface area contributed by atoms with E-state index in [9.17, 15) is 9.90 Å². The molecule has 194 valence electrons. The Morgan fingerprint density at radius 1 is 0.917 bits per heavy atom. The number of nitrogens with one attached hydrogen (secondary N) is 1. The van der Waals surface area contributed by atoms with Gasteiger partial charge in [-0.1, -0.05) is 60.7 Å². The molecule has 0 radical (unpaired) electrons. The standard InChI is InChI=1S/C29H39N3O4/c33-25-19-32(17-23-9-5-2-6-10-23)27-12-11-26(36-28(27)21-35-20-25)15-29(34)30-24-13-14-31(18-24)16-22-7-3-1-4-8-22/h1-10,24-28,33H,11-21H2,(H,30,34)/t24-,25+,26+,27+,28-/m0/s1. The first kappa shape index (κ1) is 25.4. The molecule has 3 saturated heterocycles. The molecule has 1 amide bonds. The van der Waals surface area contributed by atoms with Crippen molar-refractivity contribution in [2.24, 2.45) is 0 Å². The molecule has 7 heteroatoms. The molecule has 0 bridgehead atoms. The minimum absolute atomic E-state index is 0.0772. The van der Waals surface area contributed by atoms with Crippen LogP contribution in [0, 0.1) is 0 Å². The summed E-state index contributed by atoms with van der Waals surface area (Å²) in [6.07, 6.45) is 2.44. The van der Waals surface area contributed by atoms with Gasteiger partial charge in [-0.15, -0.1) is 0 Å². The number of hydrogen-bond acceptors (Lipinski definition) is 6. The summed E-state index contributed by atoms with van der Waals surface area (Å²) < 4.78 is 12.2. The van der Waals surface area contributed by atoms with Gasteiger partial charge in [0, 0.05) is 44.8 Å². The summed E-state index contributed by atoms with van der Waals surface area (Å²) in [5.74, 6) is 0.0772. The van der Waals surface area contributed by atoms with Gasteiger partial charge in [-0.25, -0.2) is 0 Å². The molecule has 3 aliphatic rings. The molecule has 0 unspecified atom stereocenters. The van der Waals surface area contributed by atoms with E-state index in [0.717, 1.165) is 45.4 Å². The van der Waals surface area contributed by atoms with Crippen molar-refractivity contribution >= 4 is 5.91 Å². The van der Waals surface area contributed by atoms with Gasteiger partial charge in [-0.2, -0.15) is 0 Å². The average molecular weight is 494 g/mol. The van der Waals surface area contributed by atoms with Crippen LogP contribution in [0.1, 0.15) is 36.8 Å². The molecule has 0 aromatic heterocycles. The minimum atomic E-state index is -0.508. The molecule has 3 aliphatic heterocycles. The second-order valence-electron chi connectivity index (χ2n) is 10.5. The zero-order chi connectivity index (χ0) is 24.7. The van der Waals surface area contributed by atoms with E-state index < -0.39 is 6.10 Å². The molecule has 3 fully saturated rings. The highest BCUT2D eigenvalue weighted by Gasteiger charge is 2.38. The van der Waals surface area contributed by atoms with E-state index in [1.807, 2.05) is 24.3 Å². The van der Waals surface area contributed by atoms with E-state index in [1.54, 1.807) is 0 Å². The van der Waals surface area contributed by atoms with Gasteiger partial charge in [0.05, 0.1) is 37.9 Å². The molecule has 0 spiro atoms. The molecule has 36 heavy (non-hydrogen) atoms. The van der Waals surface area contributed by atoms with E-state index in [4.69, 9.17) is 9.47 Å². The molecule has 2 aromatic carbocycles. The maximum Gasteiger partial charge on any atom is 0.222 e. The summed E-state index contributed by atoms with van der Waals surface area (Å²) in [5.41, 5.74) is 2.54. The average Bonchev–Trinajstić information content (AvgIpc) is 3.30. The number of aliphatic hydroxyl groups excluding tert-OH is 1. The molecular weight excluding hydrogens is 454 g/mol. The number of carbonyl (C=O) groups is 1. The first-order valence-corrected chi connectivity index (χ1v) is 13.4. The van der Waals surface area contributed by atoms with E-state index >= 15 is 0 Å². The van der Waals surface area contributed by atoms with E-state index in [1.165, 1.54) is 11.1 Å². The van der Waals surface area contributed by atoms with E-state index in [-0.39, 0.29) is 30.2 Å². The number of rotatable bonds is 7. The summed E-state index contributed by atoms with van der Waals surface area (Å²) >= 11 is 0. The molecular formula is C29H39N3O4. The number of β-amino-alcohol motifs (C(OH)–C–C–N with tert-alkyl or cyclic N) is 1. The maximum absolute atomic E-state index is 12.9. The van der Waals surface area contributed by atoms with Crippen LogP contribution in [-0.2, 0) is 27.4 Å². The van der Waals surface area contributed by atoms with Crippen molar-refractivity contribution in [3.05, 3.63) is 71.8 Å². The lowest BCUT2D eigenvalue weighted by atomic mass is 9.94. The number of fused-ring (bicyclic) bond motifs is 1. The van der Waals surface area contributed by atoms with Crippen molar-refractivity contribution in [2.75, 3.05) is 32.8 Å². The molecule has 7 nitrogen and oxygen atoms in total. The Morgan fingerprint density at radius 2 is 1.64 bits per heavy atom. The molecule has 3 heterocycles. The largest absolute Gasteiger partial charge is 0.389 e. The molecule has 0 aliphatic carbocycles. The van der Waals surface area contributed by atoms with Gasteiger partial charge in [-0.05, 0) is 30.4 Å². The smallest absolute Gasteiger partial charge is 0.222 e. The Labute approximate surface area is 214 Å². The third-order valence-corrected chi connectivity index (χ3v) is 7.62. The predicted octanol–water partition coefficient (Wildman–Crippen LogP) is 2.58. The molecule has 2 N–H and O–H groups in total. The zero-order valence-electron chi connectivity index (χ0n) is 21.0. The Morgan fingerprint density at radius 3 is 2.39 bits per heavy atom. The van der Waals surface area contributed by atoms with Crippen LogP contribution in [0.15, 0.2) is 60.7 Å². The normalized spacial score (nSPS) is 29.8. The lowest BCUT2D eigenvalue weighted by Crippen LogP contribution is -2.55. The highest BCUT2D eigenvalue weighted by atomic mass is 16.5. The Hall–Kier alpha value is -2.29. The fraction of sp³-hybridized carbons (Fsp3) is 0.552. The third kappa shape index (κ3) is 6.93. The fourth-order valence-corrected chi connectivity index (χ4v) is 5.87. The van der Waals surface area contributed by atoms with Gasteiger partial charge in [0.2, 0.25) is 5.91 Å². The summed E-state index contributed by atoms with van der Waals surface area (Å²) in [7, 11) is 0. The van der Waals surface area contributed by atoms with Gasteiger partial charge in [0.25, 0.3) is 0 Å². The number of aliphatic hydroxyl groups is 1. The fourth-order valence-electron chi connectivity index (χ4n) is 5.87. The predicted molar refractivity (Wildman–Crippen MR) is 138 cm³/mol. The minimum Gasteiger partial charge on any atom is -0.389 e. The maximum atomic E-state index is 12.9. The van der Waals surface area contributed by atoms with Gasteiger partial charge < -0.3 is 19.9 Å². The van der Waals surface area contributed by atoms with Crippen LogP contribution in [0.4, 0.5) is 0 Å². The Kier molecular flexibility index (Phi) is 8.67. The van der Waals surface area contributed by atoms with Crippen molar-refractivity contribution in [3.8, 4) is 0 Å². The van der Waals surface area contributed by atoms with Crippen LogP contribution in [0.5, 0.6) is 0 Å². The van der Waals surface area contributed by atoms with Crippen LogP contribution >= 0.6 is 0 Å². The van der Waals surface area contributed by atoms with Gasteiger partial charge in [-0.3, -0.25) is 14.6 Å². The third-order valence-electron chi connectivity index (χ3n) is 7.62. The second-order valence-corrected chi connectivity index (χ2v) is 10.5. The van der Waals surface area contributed by atoms with E-state index in [2.05, 4.69) is 51.5 Å². The number of amides is 1. The molecule has 5 rings (SSSR count). The van der Waals surface area contributed by atoms with Crippen molar-refractivity contribution in [1.82, 2.24) is 15.1 Å². The Bertz CT molecular complexity index is 960. The van der Waals surface area contributed by atoms with Crippen molar-refractivity contribution < 1.29 is 19.4 Å². The summed E-state index contributed by atoms with van der Waals surface area (Å²) in [5, 5.41) is 13.6. The van der Waals surface area contributed by atoms with Gasteiger partial charge in [0.1, 0.15) is 0 Å². The first-order valence-electron chi connectivity index (χ1n) is 13.4. The summed E-state index contributed by atoms with van der Waals surface area (Å²) in [6.45, 7) is 4.91. The van der Waals surface area contributed by atoms with Crippen molar-refractivity contribution in [3.63, 3.8) is 0 Å². The van der Waals surface area contributed by atoms with Gasteiger partial charge in [0.15, 0.2) is 0 Å². The number of nitrogens with zero attached hydrogens (tertiary/aromatic N) is 2. The lowest BCUT2D eigenvalue weighted by molar-refractivity contribution is -0.158. The first-order chi connectivity index (χ1) is 17.6. The topological polar surface area (TPSA) is 74.3 Å². The Balaban J connectivity index is 1.11. The number of ether oxygens (including phenoxy) is 2. The molecule has 5 atom stereocenters. The van der Waals surface area contributed by atoms with Crippen LogP contribution in [0.25, 0.3) is 0 Å². The van der Waals surface area contributed by atoms with E-state index in [0.29, 0.717) is 26.2 Å². The van der Waals surface area contributed by atoms with Crippen LogP contribution in [-0.4, -0.2) is 84.1 Å². The molecule has 0 saturated carbocycles. The van der Waals surface area contributed by atoms with Crippen LogP contribution in [0.3, 0.4) is 0 Å². The second kappa shape index (κ2) is 12.3. The highest BCUT2D eigenvalue weighted by molar-refractivity contribution is 5.76. The SMILES string of the molecule is O=C(C[C@H]1CC[C@@H]2[C@H](COC[C@H](O)CN2Cc2ccccc2)O1)N[C@H]1CCN(Cc2ccccc2)C1. The number of hydrogen-bond donors (Lipinski definition) is 2. The summed E-state index contributed by atoms with van der Waals surface area (Å²) in [4.78, 5) is 17.6. The number of likely N-dealkylation sites (tertiary alicyclic amines) is 1. The zero-order valence-corrected chi connectivity index (χ0v) is 21.0. The van der Waals surface area contributed by atoms with Crippen LogP contribution < -0.4 is 5.32 Å². The highest BCUT2D eigenvalue weighted by Crippen LogP contribution is 2.29. The van der Waals surface area contributed by atoms with Crippen LogP contribution in [0.2, 0.25) is 0 Å². The molecule has 2 aromatic rings.